The van der Waals surface area contributed by atoms with E-state index in [0.717, 1.165) is 33.3 Å². The van der Waals surface area contributed by atoms with Gasteiger partial charge in [-0.05, 0) is 37.3 Å². The lowest BCUT2D eigenvalue weighted by molar-refractivity contribution is -0.139. The van der Waals surface area contributed by atoms with Gasteiger partial charge in [-0.1, -0.05) is 62.3 Å². The second-order valence-corrected chi connectivity index (χ2v) is 8.46. The maximum absolute atomic E-state index is 12.3. The molecule has 0 fully saturated rings. The Bertz CT molecular complexity index is 671. The Hall–Kier alpha value is -1.38. The summed E-state index contributed by atoms with van der Waals surface area (Å²) in [6, 6.07) is 4.16. The van der Waals surface area contributed by atoms with Gasteiger partial charge in [0, 0.05) is 9.79 Å². The summed E-state index contributed by atoms with van der Waals surface area (Å²) in [5.74, 6) is -0.164. The predicted octanol–water partition coefficient (Wildman–Crippen LogP) is 5.96. The summed E-state index contributed by atoms with van der Waals surface area (Å²) >= 11 is 3.03. The molecule has 0 amide bonds. The Labute approximate surface area is 153 Å². The van der Waals surface area contributed by atoms with Crippen molar-refractivity contribution in [2.45, 2.75) is 56.7 Å². The highest BCUT2D eigenvalue weighted by Crippen LogP contribution is 2.54. The van der Waals surface area contributed by atoms with Crippen LogP contribution in [0.2, 0.25) is 0 Å². The van der Waals surface area contributed by atoms with Crippen molar-refractivity contribution in [2.24, 2.45) is 5.92 Å². The number of thioether (sulfide) groups is 2. The van der Waals surface area contributed by atoms with E-state index in [1.807, 2.05) is 0 Å². The summed E-state index contributed by atoms with van der Waals surface area (Å²) in [7, 11) is 0. The van der Waals surface area contributed by atoms with Gasteiger partial charge in [-0.2, -0.15) is 0 Å². The highest BCUT2D eigenvalue weighted by molar-refractivity contribution is 8.24. The molecule has 1 aliphatic heterocycles. The van der Waals surface area contributed by atoms with Crippen molar-refractivity contribution in [2.75, 3.05) is 6.61 Å². The fourth-order valence-corrected chi connectivity index (χ4v) is 5.12. The zero-order valence-corrected chi connectivity index (χ0v) is 16.3. The minimum atomic E-state index is -0.494. The van der Waals surface area contributed by atoms with E-state index in [9.17, 15) is 4.79 Å². The minimum Gasteiger partial charge on any atom is -0.470 e. The third kappa shape index (κ3) is 4.37. The fraction of sp³-hybridized carbons (Fsp3) is 0.474. The number of unbranched alkanes of at least 4 members (excludes halogenated alkanes) is 1. The van der Waals surface area contributed by atoms with Crippen LogP contribution in [0.4, 0.5) is 0 Å². The Balaban J connectivity index is 2.10. The zero-order chi connectivity index (χ0) is 17.7. The molecular weight excluding hydrogens is 338 g/mol. The van der Waals surface area contributed by atoms with Crippen molar-refractivity contribution in [3.8, 4) is 0 Å². The van der Waals surface area contributed by atoms with E-state index in [0.29, 0.717) is 12.5 Å². The number of hydrogen-bond acceptors (Lipinski definition) is 4. The average molecular weight is 362 g/mol. The van der Waals surface area contributed by atoms with E-state index in [-0.39, 0.29) is 5.70 Å². The summed E-state index contributed by atoms with van der Waals surface area (Å²) in [6.45, 7) is 16.1. The van der Waals surface area contributed by atoms with Gasteiger partial charge in [-0.15, -0.1) is 0 Å². The molecule has 0 radical (unpaired) electrons. The summed E-state index contributed by atoms with van der Waals surface area (Å²) < 4.78 is 6.13. The molecule has 128 valence electrons. The van der Waals surface area contributed by atoms with Gasteiger partial charge in [-0.3, -0.25) is 4.79 Å². The maximum Gasteiger partial charge on any atom is 0.338 e. The number of rotatable bonds is 6. The Kier molecular flexibility index (Phi) is 6.82. The highest BCUT2D eigenvalue weighted by atomic mass is 32.2. The molecule has 1 heterocycles. The first kappa shape index (κ1) is 19.0. The molecule has 1 unspecified atom stereocenters. The van der Waals surface area contributed by atoms with E-state index in [2.05, 4.69) is 44.7 Å². The van der Waals surface area contributed by atoms with E-state index < -0.39 is 5.97 Å². The van der Waals surface area contributed by atoms with E-state index in [4.69, 9.17) is 11.3 Å². The molecule has 0 saturated heterocycles. The lowest BCUT2D eigenvalue weighted by Crippen LogP contribution is -2.13. The molecule has 1 atom stereocenters. The Morgan fingerprint density at radius 3 is 2.33 bits per heavy atom. The van der Waals surface area contributed by atoms with Crippen LogP contribution in [0.5, 0.6) is 0 Å². The van der Waals surface area contributed by atoms with E-state index in [1.54, 1.807) is 0 Å². The molecular formula is C19H23NO2S2. The SMILES string of the molecule is [C-]#[N+]C(C(=O)OCC(C)CCCC)=C1Sc2c(C)ccc(C)c2S1. The van der Waals surface area contributed by atoms with Crippen molar-refractivity contribution in [1.82, 2.24) is 0 Å². The number of fused-ring (bicyclic) bond motifs is 1. The molecule has 1 aromatic carbocycles. The molecule has 1 aromatic rings. The standard InChI is InChI=1S/C19H23NO2S2/c1-6-7-8-12(2)11-22-18(21)15(20-5)19-23-16-13(3)9-10-14(4)17(16)24-19/h9-10,12H,6-8,11H2,1-4H3. The van der Waals surface area contributed by atoms with Crippen molar-refractivity contribution >= 4 is 29.5 Å². The fourth-order valence-electron chi connectivity index (χ4n) is 2.41. The van der Waals surface area contributed by atoms with Crippen LogP contribution in [0.3, 0.4) is 0 Å². The summed E-state index contributed by atoms with van der Waals surface area (Å²) in [5.41, 5.74) is 2.46. The molecule has 2 rings (SSSR count). The Morgan fingerprint density at radius 1 is 1.25 bits per heavy atom. The molecule has 0 aromatic heterocycles. The molecule has 0 spiro atoms. The van der Waals surface area contributed by atoms with Crippen LogP contribution in [0.15, 0.2) is 31.9 Å². The highest BCUT2D eigenvalue weighted by Gasteiger charge is 2.28. The van der Waals surface area contributed by atoms with E-state index >= 15 is 0 Å². The molecule has 0 bridgehead atoms. The topological polar surface area (TPSA) is 30.7 Å². The predicted molar refractivity (Wildman–Crippen MR) is 101 cm³/mol. The van der Waals surface area contributed by atoms with Gasteiger partial charge in [0.1, 0.15) is 0 Å². The van der Waals surface area contributed by atoms with Crippen molar-refractivity contribution in [1.29, 1.82) is 0 Å². The van der Waals surface area contributed by atoms with Crippen LogP contribution in [-0.4, -0.2) is 12.6 Å². The lowest BCUT2D eigenvalue weighted by atomic mass is 10.1. The zero-order valence-electron chi connectivity index (χ0n) is 14.6. The van der Waals surface area contributed by atoms with Gasteiger partial charge < -0.3 is 4.74 Å². The molecule has 24 heavy (non-hydrogen) atoms. The van der Waals surface area contributed by atoms with Gasteiger partial charge in [0.15, 0.2) is 0 Å². The summed E-state index contributed by atoms with van der Waals surface area (Å²) in [4.78, 5) is 18.1. The summed E-state index contributed by atoms with van der Waals surface area (Å²) in [6.07, 6.45) is 3.32. The second-order valence-electron chi connectivity index (χ2n) is 6.16. The molecule has 0 saturated carbocycles. The molecule has 0 aliphatic carbocycles. The number of hydrogen-bond donors (Lipinski definition) is 0. The lowest BCUT2D eigenvalue weighted by Gasteiger charge is -2.11. The largest absolute Gasteiger partial charge is 0.470 e. The molecule has 0 N–H and O–H groups in total. The number of ether oxygens (including phenoxy) is 1. The van der Waals surface area contributed by atoms with Gasteiger partial charge in [-0.25, -0.2) is 4.85 Å². The van der Waals surface area contributed by atoms with Crippen LogP contribution in [0.25, 0.3) is 4.85 Å². The van der Waals surface area contributed by atoms with Crippen LogP contribution < -0.4 is 0 Å². The Morgan fingerprint density at radius 2 is 1.83 bits per heavy atom. The van der Waals surface area contributed by atoms with Crippen molar-refractivity contribution < 1.29 is 9.53 Å². The number of benzene rings is 1. The molecule has 3 nitrogen and oxygen atoms in total. The molecule has 5 heteroatoms. The average Bonchev–Trinajstić information content (AvgIpc) is 3.01. The number of carbonyl (C=O) groups excluding carboxylic acids is 1. The van der Waals surface area contributed by atoms with Crippen LogP contribution >= 0.6 is 23.5 Å². The molecule has 1 aliphatic rings. The van der Waals surface area contributed by atoms with Gasteiger partial charge in [0.2, 0.25) is 0 Å². The smallest absolute Gasteiger partial charge is 0.338 e. The third-order valence-corrected chi connectivity index (χ3v) is 6.79. The van der Waals surface area contributed by atoms with Gasteiger partial charge in [0.25, 0.3) is 5.70 Å². The second kappa shape index (κ2) is 8.64. The van der Waals surface area contributed by atoms with Crippen LogP contribution in [0, 0.1) is 26.3 Å². The summed E-state index contributed by atoms with van der Waals surface area (Å²) in [5, 5.41) is 0. The number of nitrogens with zero attached hydrogens (tertiary/aromatic N) is 1. The van der Waals surface area contributed by atoms with Gasteiger partial charge in [0.05, 0.1) is 17.4 Å². The number of aryl methyl sites for hydroxylation is 2. The first-order valence-corrected chi connectivity index (χ1v) is 9.86. The quantitative estimate of drug-likeness (QED) is 0.355. The minimum absolute atomic E-state index is 0.114. The third-order valence-electron chi connectivity index (χ3n) is 3.94. The number of esters is 1. The van der Waals surface area contributed by atoms with E-state index in [1.165, 1.54) is 34.7 Å². The number of carbonyl (C=O) groups is 1. The monoisotopic (exact) mass is 361 g/mol. The van der Waals surface area contributed by atoms with Gasteiger partial charge >= 0.3 is 5.97 Å². The normalized spacial score (nSPS) is 14.0. The van der Waals surface area contributed by atoms with Crippen molar-refractivity contribution in [3.63, 3.8) is 0 Å². The van der Waals surface area contributed by atoms with Crippen LogP contribution in [-0.2, 0) is 9.53 Å². The first-order chi connectivity index (χ1) is 11.5. The maximum atomic E-state index is 12.3. The first-order valence-electron chi connectivity index (χ1n) is 8.22. The van der Waals surface area contributed by atoms with Crippen molar-refractivity contribution in [3.05, 3.63) is 44.6 Å². The van der Waals surface area contributed by atoms with Crippen LogP contribution in [0.1, 0.15) is 44.2 Å².